The molecule has 1 saturated heterocycles. The van der Waals surface area contributed by atoms with E-state index in [2.05, 4.69) is 17.1 Å². The van der Waals surface area contributed by atoms with E-state index in [-0.39, 0.29) is 23.4 Å². The van der Waals surface area contributed by atoms with E-state index in [0.717, 1.165) is 17.7 Å². The van der Waals surface area contributed by atoms with Gasteiger partial charge in [0.1, 0.15) is 5.82 Å². The largest absolute Gasteiger partial charge is 0.339 e. The number of thioether (sulfide) groups is 1. The summed E-state index contributed by atoms with van der Waals surface area (Å²) in [6, 6.07) is 14.3. The Labute approximate surface area is 175 Å². The van der Waals surface area contributed by atoms with Crippen LogP contribution < -0.4 is 5.32 Å². The second-order valence-electron chi connectivity index (χ2n) is 6.93. The van der Waals surface area contributed by atoms with Gasteiger partial charge in [-0.15, -0.1) is 11.8 Å². The van der Waals surface area contributed by atoms with Gasteiger partial charge >= 0.3 is 0 Å². The van der Waals surface area contributed by atoms with Gasteiger partial charge in [0.05, 0.1) is 12.3 Å². The number of nitrogens with zero attached hydrogens (tertiary/aromatic N) is 2. The van der Waals surface area contributed by atoms with Crippen LogP contribution in [-0.4, -0.2) is 60.1 Å². The number of nitrogens with one attached hydrogen (secondary N) is 1. The lowest BCUT2D eigenvalue weighted by atomic mass is 10.1. The maximum Gasteiger partial charge on any atom is 0.238 e. The molecule has 3 rings (SSSR count). The highest BCUT2D eigenvalue weighted by Crippen LogP contribution is 2.21. The van der Waals surface area contributed by atoms with Gasteiger partial charge in [-0.3, -0.25) is 14.5 Å². The smallest absolute Gasteiger partial charge is 0.238 e. The zero-order valence-corrected chi connectivity index (χ0v) is 17.4. The number of para-hydroxylation sites is 1. The Morgan fingerprint density at radius 2 is 1.72 bits per heavy atom. The van der Waals surface area contributed by atoms with Crippen LogP contribution in [0.15, 0.2) is 53.4 Å². The number of amides is 2. The van der Waals surface area contributed by atoms with E-state index in [4.69, 9.17) is 0 Å². The van der Waals surface area contributed by atoms with Crippen LogP contribution in [0.2, 0.25) is 0 Å². The van der Waals surface area contributed by atoms with Crippen molar-refractivity contribution in [3.63, 3.8) is 0 Å². The summed E-state index contributed by atoms with van der Waals surface area (Å²) in [6.45, 7) is 4.83. The quantitative estimate of drug-likeness (QED) is 0.706. The first kappa shape index (κ1) is 21.3. The normalized spacial score (nSPS) is 14.6. The summed E-state index contributed by atoms with van der Waals surface area (Å²) in [6.07, 6.45) is 0.863. The van der Waals surface area contributed by atoms with Crippen LogP contribution in [0.3, 0.4) is 0 Å². The van der Waals surface area contributed by atoms with Gasteiger partial charge in [-0.25, -0.2) is 4.39 Å². The Morgan fingerprint density at radius 3 is 2.45 bits per heavy atom. The number of halogens is 1. The maximum absolute atomic E-state index is 13.7. The summed E-state index contributed by atoms with van der Waals surface area (Å²) in [5.41, 5.74) is 1.97. The molecule has 5 nitrogen and oxygen atoms in total. The van der Waals surface area contributed by atoms with Crippen LogP contribution in [-0.2, 0) is 16.0 Å². The SMILES string of the molecule is CCc1ccccc1NC(=O)CN1CCN(C(=O)CSc2ccccc2F)CC1. The molecule has 154 valence electrons. The minimum absolute atomic E-state index is 0.000715. The molecule has 2 amide bonds. The third-order valence-corrected chi connectivity index (χ3v) is 5.99. The van der Waals surface area contributed by atoms with Gasteiger partial charge in [0.25, 0.3) is 0 Å². The van der Waals surface area contributed by atoms with Gasteiger partial charge in [0.15, 0.2) is 0 Å². The fourth-order valence-electron chi connectivity index (χ4n) is 3.29. The molecule has 2 aromatic rings. The fourth-order valence-corrected chi connectivity index (χ4v) is 4.13. The van der Waals surface area contributed by atoms with Gasteiger partial charge in [0, 0.05) is 36.8 Å². The first-order valence-electron chi connectivity index (χ1n) is 9.82. The molecule has 0 bridgehead atoms. The number of rotatable bonds is 7. The van der Waals surface area contributed by atoms with Crippen LogP contribution in [0, 0.1) is 5.82 Å². The van der Waals surface area contributed by atoms with E-state index in [9.17, 15) is 14.0 Å². The van der Waals surface area contributed by atoms with E-state index < -0.39 is 0 Å². The molecule has 0 unspecified atom stereocenters. The minimum Gasteiger partial charge on any atom is -0.339 e. The molecular weight excluding hydrogens is 389 g/mol. The number of carbonyl (C=O) groups is 2. The number of benzene rings is 2. The van der Waals surface area contributed by atoms with Crippen LogP contribution in [0.4, 0.5) is 10.1 Å². The number of piperazine rings is 1. The number of hydrogen-bond donors (Lipinski definition) is 1. The predicted octanol–water partition coefficient (Wildman–Crippen LogP) is 3.26. The first-order valence-corrected chi connectivity index (χ1v) is 10.8. The second-order valence-corrected chi connectivity index (χ2v) is 7.95. The second kappa shape index (κ2) is 10.4. The van der Waals surface area contributed by atoms with Crippen molar-refractivity contribution < 1.29 is 14.0 Å². The predicted molar refractivity (Wildman–Crippen MR) is 115 cm³/mol. The molecule has 1 fully saturated rings. The van der Waals surface area contributed by atoms with Crippen LogP contribution in [0.1, 0.15) is 12.5 Å². The van der Waals surface area contributed by atoms with Crippen molar-refractivity contribution in [3.8, 4) is 0 Å². The van der Waals surface area contributed by atoms with Gasteiger partial charge in [-0.05, 0) is 30.2 Å². The Morgan fingerprint density at radius 1 is 1.03 bits per heavy atom. The minimum atomic E-state index is -0.300. The lowest BCUT2D eigenvalue weighted by Gasteiger charge is -2.34. The molecule has 29 heavy (non-hydrogen) atoms. The molecular formula is C22H26FN3O2S. The summed E-state index contributed by atoms with van der Waals surface area (Å²) in [7, 11) is 0. The van der Waals surface area contributed by atoms with Gasteiger partial charge in [-0.1, -0.05) is 37.3 Å². The molecule has 0 aliphatic carbocycles. The average molecular weight is 416 g/mol. The van der Waals surface area contributed by atoms with Crippen molar-refractivity contribution in [1.29, 1.82) is 0 Å². The number of anilines is 1. The number of hydrogen-bond acceptors (Lipinski definition) is 4. The van der Waals surface area contributed by atoms with Crippen molar-refractivity contribution in [1.82, 2.24) is 9.80 Å². The fraction of sp³-hybridized carbons (Fsp3) is 0.364. The topological polar surface area (TPSA) is 52.7 Å². The van der Waals surface area contributed by atoms with Crippen LogP contribution >= 0.6 is 11.8 Å². The summed E-state index contributed by atoms with van der Waals surface area (Å²) >= 11 is 1.22. The number of carbonyl (C=O) groups excluding carboxylic acids is 2. The van der Waals surface area contributed by atoms with Gasteiger partial charge < -0.3 is 10.2 Å². The molecule has 7 heteroatoms. The van der Waals surface area contributed by atoms with Gasteiger partial charge in [-0.2, -0.15) is 0 Å². The zero-order valence-electron chi connectivity index (χ0n) is 16.6. The molecule has 0 saturated carbocycles. The zero-order chi connectivity index (χ0) is 20.6. The summed E-state index contributed by atoms with van der Waals surface area (Å²) in [5, 5.41) is 2.99. The van der Waals surface area contributed by atoms with E-state index in [1.807, 2.05) is 24.3 Å². The monoisotopic (exact) mass is 415 g/mol. The van der Waals surface area contributed by atoms with Crippen molar-refractivity contribution in [2.75, 3.05) is 43.8 Å². The highest BCUT2D eigenvalue weighted by molar-refractivity contribution is 8.00. The van der Waals surface area contributed by atoms with E-state index >= 15 is 0 Å². The highest BCUT2D eigenvalue weighted by Gasteiger charge is 2.22. The van der Waals surface area contributed by atoms with E-state index in [1.54, 1.807) is 23.1 Å². The Bertz CT molecular complexity index is 853. The van der Waals surface area contributed by atoms with Crippen molar-refractivity contribution in [2.24, 2.45) is 0 Å². The molecule has 1 heterocycles. The Hall–Kier alpha value is -2.38. The van der Waals surface area contributed by atoms with E-state index in [0.29, 0.717) is 37.6 Å². The van der Waals surface area contributed by atoms with Crippen molar-refractivity contribution in [3.05, 3.63) is 59.9 Å². The molecule has 0 aromatic heterocycles. The summed E-state index contributed by atoms with van der Waals surface area (Å²) in [5.74, 6) is -0.124. The summed E-state index contributed by atoms with van der Waals surface area (Å²) in [4.78, 5) is 29.1. The molecule has 0 spiro atoms. The lowest BCUT2D eigenvalue weighted by Crippen LogP contribution is -2.50. The first-order chi connectivity index (χ1) is 14.1. The number of aryl methyl sites for hydroxylation is 1. The highest BCUT2D eigenvalue weighted by atomic mass is 32.2. The molecule has 1 aliphatic rings. The van der Waals surface area contributed by atoms with Crippen molar-refractivity contribution >= 4 is 29.3 Å². The Balaban J connectivity index is 1.42. The maximum atomic E-state index is 13.7. The average Bonchev–Trinajstić information content (AvgIpc) is 2.74. The standard InChI is InChI=1S/C22H26FN3O2S/c1-2-17-7-3-5-9-19(17)24-21(27)15-25-11-13-26(14-12-25)22(28)16-29-20-10-6-4-8-18(20)23/h3-10H,2,11-16H2,1H3,(H,24,27). The van der Waals surface area contributed by atoms with Gasteiger partial charge in [0.2, 0.25) is 11.8 Å². The molecule has 2 aromatic carbocycles. The Kier molecular flexibility index (Phi) is 7.66. The van der Waals surface area contributed by atoms with Crippen molar-refractivity contribution in [2.45, 2.75) is 18.2 Å². The molecule has 0 radical (unpaired) electrons. The summed E-state index contributed by atoms with van der Waals surface area (Å²) < 4.78 is 13.7. The molecule has 1 aliphatic heterocycles. The van der Waals surface area contributed by atoms with Crippen LogP contribution in [0.5, 0.6) is 0 Å². The van der Waals surface area contributed by atoms with E-state index in [1.165, 1.54) is 17.8 Å². The third-order valence-electron chi connectivity index (χ3n) is 4.95. The van der Waals surface area contributed by atoms with Crippen LogP contribution in [0.25, 0.3) is 0 Å². The molecule has 1 N–H and O–H groups in total. The third kappa shape index (κ3) is 6.05. The molecule has 0 atom stereocenters. The lowest BCUT2D eigenvalue weighted by molar-refractivity contribution is -0.130.